The number of aliphatic hydroxyl groups is 1. The zero-order valence-electron chi connectivity index (χ0n) is 9.04. The van der Waals surface area contributed by atoms with E-state index in [-0.39, 0.29) is 6.10 Å². The quantitative estimate of drug-likeness (QED) is 0.709. The highest BCUT2D eigenvalue weighted by Crippen LogP contribution is 2.32. The molecule has 0 bridgehead atoms. The molecule has 1 heterocycles. The van der Waals surface area contributed by atoms with Crippen molar-refractivity contribution in [3.8, 4) is 0 Å². The lowest BCUT2D eigenvalue weighted by molar-refractivity contribution is 0.0529. The highest BCUT2D eigenvalue weighted by molar-refractivity contribution is 4.79. The Kier molecular flexibility index (Phi) is 3.82. The predicted molar refractivity (Wildman–Crippen MR) is 58.2 cm³/mol. The maximum absolute atomic E-state index is 9.88. The molecule has 0 aromatic heterocycles. The van der Waals surface area contributed by atoms with Crippen molar-refractivity contribution in [2.75, 3.05) is 13.1 Å². The van der Waals surface area contributed by atoms with Gasteiger partial charge in [0.15, 0.2) is 0 Å². The topological polar surface area (TPSA) is 32.3 Å². The van der Waals surface area contributed by atoms with Gasteiger partial charge in [-0.1, -0.05) is 12.8 Å². The van der Waals surface area contributed by atoms with Crippen LogP contribution in [0.3, 0.4) is 0 Å². The normalized spacial score (nSPS) is 35.8. The zero-order chi connectivity index (χ0) is 9.80. The molecule has 0 aromatic carbocycles. The van der Waals surface area contributed by atoms with Crippen LogP contribution in [0.25, 0.3) is 0 Å². The van der Waals surface area contributed by atoms with Crippen LogP contribution in [-0.2, 0) is 0 Å². The number of nitrogens with one attached hydrogen (secondary N) is 1. The van der Waals surface area contributed by atoms with Gasteiger partial charge in [-0.3, -0.25) is 0 Å². The van der Waals surface area contributed by atoms with Crippen LogP contribution in [0.4, 0.5) is 0 Å². The molecule has 2 heteroatoms. The molecule has 0 radical (unpaired) electrons. The lowest BCUT2D eigenvalue weighted by atomic mass is 9.78. The monoisotopic (exact) mass is 197 g/mol. The van der Waals surface area contributed by atoms with E-state index in [1.165, 1.54) is 51.6 Å². The Hall–Kier alpha value is -0.0800. The van der Waals surface area contributed by atoms with Crippen molar-refractivity contribution >= 4 is 0 Å². The van der Waals surface area contributed by atoms with Gasteiger partial charge in [0.2, 0.25) is 0 Å². The summed E-state index contributed by atoms with van der Waals surface area (Å²) < 4.78 is 0. The first kappa shape index (κ1) is 10.4. The van der Waals surface area contributed by atoms with Crippen LogP contribution in [0.15, 0.2) is 0 Å². The molecule has 82 valence electrons. The highest BCUT2D eigenvalue weighted by Gasteiger charge is 2.26. The Morgan fingerprint density at radius 1 is 1.00 bits per heavy atom. The Morgan fingerprint density at radius 3 is 2.43 bits per heavy atom. The van der Waals surface area contributed by atoms with E-state index in [0.29, 0.717) is 5.92 Å². The minimum Gasteiger partial charge on any atom is -0.393 e. The highest BCUT2D eigenvalue weighted by atomic mass is 16.3. The molecule has 0 spiro atoms. The zero-order valence-corrected chi connectivity index (χ0v) is 9.04. The van der Waals surface area contributed by atoms with Gasteiger partial charge < -0.3 is 10.4 Å². The molecular formula is C12H23NO. The van der Waals surface area contributed by atoms with E-state index in [1.54, 1.807) is 0 Å². The van der Waals surface area contributed by atoms with E-state index < -0.39 is 0 Å². The van der Waals surface area contributed by atoms with Crippen molar-refractivity contribution in [3.05, 3.63) is 0 Å². The van der Waals surface area contributed by atoms with Crippen LogP contribution in [0, 0.1) is 11.8 Å². The summed E-state index contributed by atoms with van der Waals surface area (Å²) in [7, 11) is 0. The fraction of sp³-hybridized carbons (Fsp3) is 1.00. The van der Waals surface area contributed by atoms with Crippen LogP contribution in [0.5, 0.6) is 0 Å². The van der Waals surface area contributed by atoms with Gasteiger partial charge >= 0.3 is 0 Å². The summed E-state index contributed by atoms with van der Waals surface area (Å²) in [5.41, 5.74) is 0. The summed E-state index contributed by atoms with van der Waals surface area (Å²) in [4.78, 5) is 0. The second kappa shape index (κ2) is 5.13. The van der Waals surface area contributed by atoms with E-state index in [0.717, 1.165) is 12.3 Å². The molecule has 2 rings (SSSR count). The van der Waals surface area contributed by atoms with E-state index in [9.17, 15) is 5.11 Å². The van der Waals surface area contributed by atoms with E-state index >= 15 is 0 Å². The summed E-state index contributed by atoms with van der Waals surface area (Å²) in [5.74, 6) is 1.50. The van der Waals surface area contributed by atoms with Crippen LogP contribution < -0.4 is 5.32 Å². The Labute approximate surface area is 87.1 Å². The molecule has 1 saturated heterocycles. The molecule has 14 heavy (non-hydrogen) atoms. The molecule has 2 fully saturated rings. The van der Waals surface area contributed by atoms with Crippen LogP contribution in [-0.4, -0.2) is 24.3 Å². The Balaban J connectivity index is 1.76. The van der Waals surface area contributed by atoms with Crippen LogP contribution in [0.2, 0.25) is 0 Å². The van der Waals surface area contributed by atoms with Crippen molar-refractivity contribution in [2.24, 2.45) is 11.8 Å². The first-order chi connectivity index (χ1) is 6.86. The molecule has 1 aliphatic heterocycles. The molecule has 0 aromatic rings. The maximum atomic E-state index is 9.88. The van der Waals surface area contributed by atoms with Gasteiger partial charge in [0.05, 0.1) is 6.10 Å². The van der Waals surface area contributed by atoms with Gasteiger partial charge in [0.25, 0.3) is 0 Å². The summed E-state index contributed by atoms with van der Waals surface area (Å²) in [5, 5.41) is 13.3. The molecule has 0 amide bonds. The van der Waals surface area contributed by atoms with Crippen LogP contribution >= 0.6 is 0 Å². The largest absolute Gasteiger partial charge is 0.393 e. The second-order valence-corrected chi connectivity index (χ2v) is 5.04. The summed E-state index contributed by atoms with van der Waals surface area (Å²) in [6, 6.07) is 0. The third-order valence-corrected chi connectivity index (χ3v) is 3.96. The molecule has 2 N–H and O–H groups in total. The summed E-state index contributed by atoms with van der Waals surface area (Å²) in [6.07, 6.45) is 8.84. The average molecular weight is 197 g/mol. The van der Waals surface area contributed by atoms with Crippen molar-refractivity contribution in [1.29, 1.82) is 0 Å². The number of hydrogen-bond acceptors (Lipinski definition) is 2. The predicted octanol–water partition coefficient (Wildman–Crippen LogP) is 1.93. The fourth-order valence-corrected chi connectivity index (χ4v) is 3.01. The smallest absolute Gasteiger partial charge is 0.0568 e. The molecule has 2 atom stereocenters. The fourth-order valence-electron chi connectivity index (χ4n) is 3.01. The maximum Gasteiger partial charge on any atom is 0.0568 e. The van der Waals surface area contributed by atoms with Crippen molar-refractivity contribution < 1.29 is 5.11 Å². The van der Waals surface area contributed by atoms with Crippen molar-refractivity contribution in [1.82, 2.24) is 5.32 Å². The third-order valence-electron chi connectivity index (χ3n) is 3.96. The standard InChI is InChI=1S/C12H23NO/c14-12-4-2-1-3-11(12)9-10-5-7-13-8-6-10/h10-14H,1-9H2. The average Bonchev–Trinajstić information content (AvgIpc) is 2.23. The molecular weight excluding hydrogens is 174 g/mol. The third kappa shape index (κ3) is 2.71. The van der Waals surface area contributed by atoms with Crippen molar-refractivity contribution in [2.45, 2.75) is 51.0 Å². The van der Waals surface area contributed by atoms with Gasteiger partial charge in [-0.05, 0) is 57.0 Å². The van der Waals surface area contributed by atoms with Gasteiger partial charge in [-0.25, -0.2) is 0 Å². The number of aliphatic hydroxyl groups excluding tert-OH is 1. The minimum absolute atomic E-state index is 0.0126. The first-order valence-electron chi connectivity index (χ1n) is 6.25. The molecule has 1 aliphatic carbocycles. The van der Waals surface area contributed by atoms with Crippen molar-refractivity contribution in [3.63, 3.8) is 0 Å². The van der Waals surface area contributed by atoms with Gasteiger partial charge in [0.1, 0.15) is 0 Å². The Morgan fingerprint density at radius 2 is 1.71 bits per heavy atom. The first-order valence-corrected chi connectivity index (χ1v) is 6.25. The molecule has 2 aliphatic rings. The van der Waals surface area contributed by atoms with Crippen LogP contribution in [0.1, 0.15) is 44.9 Å². The van der Waals surface area contributed by atoms with Gasteiger partial charge in [-0.2, -0.15) is 0 Å². The SMILES string of the molecule is OC1CCCCC1CC1CCNCC1. The number of hydrogen-bond donors (Lipinski definition) is 2. The minimum atomic E-state index is 0.0126. The van der Waals surface area contributed by atoms with E-state index in [2.05, 4.69) is 5.32 Å². The molecule has 2 unspecified atom stereocenters. The van der Waals surface area contributed by atoms with E-state index in [4.69, 9.17) is 0 Å². The summed E-state index contributed by atoms with van der Waals surface area (Å²) >= 11 is 0. The van der Waals surface area contributed by atoms with Gasteiger partial charge in [0, 0.05) is 0 Å². The lowest BCUT2D eigenvalue weighted by Crippen LogP contribution is -2.32. The lowest BCUT2D eigenvalue weighted by Gasteiger charge is -2.32. The number of rotatable bonds is 2. The van der Waals surface area contributed by atoms with Gasteiger partial charge in [-0.15, -0.1) is 0 Å². The van der Waals surface area contributed by atoms with E-state index in [1.807, 2.05) is 0 Å². The number of piperidine rings is 1. The molecule has 2 nitrogen and oxygen atoms in total. The summed E-state index contributed by atoms with van der Waals surface area (Å²) in [6.45, 7) is 2.38. The molecule has 1 saturated carbocycles. The Bertz CT molecular complexity index is 166. The second-order valence-electron chi connectivity index (χ2n) is 5.04.